The molecule has 0 aromatic heterocycles. The molecule has 0 bridgehead atoms. The third-order valence-corrected chi connectivity index (χ3v) is 7.09. The van der Waals surface area contributed by atoms with Crippen molar-refractivity contribution in [3.8, 4) is 0 Å². The van der Waals surface area contributed by atoms with Crippen LogP contribution in [0, 0.1) is 0 Å². The van der Waals surface area contributed by atoms with E-state index in [9.17, 15) is 13.2 Å². The highest BCUT2D eigenvalue weighted by atomic mass is 32.2. The van der Waals surface area contributed by atoms with E-state index in [2.05, 4.69) is 50.4 Å². The summed E-state index contributed by atoms with van der Waals surface area (Å²) >= 11 is 0. The summed E-state index contributed by atoms with van der Waals surface area (Å²) in [4.78, 5) is 13.2. The molecule has 5 heteroatoms. The molecule has 1 amide bonds. The molecule has 0 unspecified atom stereocenters. The average Bonchev–Trinajstić information content (AvgIpc) is 3.43. The lowest BCUT2D eigenvalue weighted by Crippen LogP contribution is -2.28. The first-order chi connectivity index (χ1) is 12.6. The Morgan fingerprint density at radius 3 is 2.00 bits per heavy atom. The number of nitrogens with one attached hydrogen (secondary N) is 1. The monoisotopic (exact) mass is 385 g/mol. The third-order valence-electron chi connectivity index (χ3n) is 5.34. The summed E-state index contributed by atoms with van der Waals surface area (Å²) in [6.07, 6.45) is 1.66. The molecule has 144 valence electrons. The molecule has 2 aromatic carbocycles. The first-order valence-electron chi connectivity index (χ1n) is 9.34. The second-order valence-corrected chi connectivity index (χ2v) is 10.6. The first kappa shape index (κ1) is 19.6. The van der Waals surface area contributed by atoms with Crippen molar-refractivity contribution >= 4 is 21.4 Å². The summed E-state index contributed by atoms with van der Waals surface area (Å²) in [5.74, 6) is 0.0314. The van der Waals surface area contributed by atoms with Crippen molar-refractivity contribution in [1.82, 2.24) is 0 Å². The van der Waals surface area contributed by atoms with Crippen LogP contribution in [0.2, 0.25) is 0 Å². The topological polar surface area (TPSA) is 63.2 Å². The van der Waals surface area contributed by atoms with Crippen LogP contribution >= 0.6 is 0 Å². The molecule has 1 saturated carbocycles. The number of carbonyl (C=O) groups excluding carboxylic acids is 1. The molecule has 27 heavy (non-hydrogen) atoms. The number of benzene rings is 2. The molecule has 4 nitrogen and oxygen atoms in total. The van der Waals surface area contributed by atoms with Gasteiger partial charge < -0.3 is 5.32 Å². The van der Waals surface area contributed by atoms with Crippen molar-refractivity contribution in [2.45, 2.75) is 56.3 Å². The van der Waals surface area contributed by atoms with Crippen LogP contribution < -0.4 is 5.32 Å². The maximum atomic E-state index is 12.9. The number of rotatable bonds is 5. The van der Waals surface area contributed by atoms with Gasteiger partial charge in [-0.05, 0) is 53.6 Å². The van der Waals surface area contributed by atoms with Gasteiger partial charge in [0, 0.05) is 5.69 Å². The fourth-order valence-corrected chi connectivity index (χ4v) is 4.11. The van der Waals surface area contributed by atoms with Crippen LogP contribution in [0.1, 0.15) is 51.7 Å². The Bertz CT molecular complexity index is 933. The molecule has 0 saturated heterocycles. The molecule has 0 aliphatic heterocycles. The van der Waals surface area contributed by atoms with Gasteiger partial charge in [0.1, 0.15) is 0 Å². The summed E-state index contributed by atoms with van der Waals surface area (Å²) in [5, 5.41) is 2.95. The number of anilines is 1. The minimum Gasteiger partial charge on any atom is -0.325 e. The second kappa shape index (κ2) is 6.79. The first-order valence-corrected chi connectivity index (χ1v) is 11.0. The summed E-state index contributed by atoms with van der Waals surface area (Å²) in [6.45, 7) is 8.13. The molecule has 3 rings (SSSR count). The lowest BCUT2D eigenvalue weighted by atomic mass is 9.85. The normalized spacial score (nSPS) is 16.0. The quantitative estimate of drug-likeness (QED) is 0.827. The Morgan fingerprint density at radius 2 is 1.56 bits per heavy atom. The average molecular weight is 386 g/mol. The van der Waals surface area contributed by atoms with Gasteiger partial charge in [0.05, 0.1) is 16.1 Å². The summed E-state index contributed by atoms with van der Waals surface area (Å²) in [5.41, 5.74) is 2.52. The minimum absolute atomic E-state index is 0.0305. The van der Waals surface area contributed by atoms with E-state index in [1.165, 1.54) is 5.56 Å². The maximum absolute atomic E-state index is 12.9. The van der Waals surface area contributed by atoms with E-state index in [0.29, 0.717) is 5.69 Å². The number of sulfone groups is 1. The van der Waals surface area contributed by atoms with Gasteiger partial charge >= 0.3 is 0 Å². The van der Waals surface area contributed by atoms with Gasteiger partial charge in [0.2, 0.25) is 5.91 Å². The smallest absolute Gasteiger partial charge is 0.235 e. The van der Waals surface area contributed by atoms with Crippen LogP contribution in [0.15, 0.2) is 53.4 Å². The van der Waals surface area contributed by atoms with E-state index < -0.39 is 15.3 Å². The van der Waals surface area contributed by atoms with Crippen molar-refractivity contribution in [3.05, 3.63) is 59.7 Å². The Hall–Kier alpha value is -2.14. The SMILES string of the molecule is CCS(=O)(=O)c1ccc(NC(=O)C2(c3ccc(C(C)(C)C)cc3)CC2)cc1. The van der Waals surface area contributed by atoms with Gasteiger partial charge in [0.15, 0.2) is 9.84 Å². The zero-order chi connectivity index (χ0) is 19.9. The van der Waals surface area contributed by atoms with E-state index in [1.54, 1.807) is 31.2 Å². The highest BCUT2D eigenvalue weighted by Gasteiger charge is 2.51. The van der Waals surface area contributed by atoms with Gasteiger partial charge in [0.25, 0.3) is 0 Å². The number of hydrogen-bond donors (Lipinski definition) is 1. The van der Waals surface area contributed by atoms with Crippen LogP contribution in [0.5, 0.6) is 0 Å². The fourth-order valence-electron chi connectivity index (χ4n) is 3.22. The molecule has 0 radical (unpaired) electrons. The van der Waals surface area contributed by atoms with E-state index in [-0.39, 0.29) is 22.0 Å². The Labute approximate surface area is 161 Å². The largest absolute Gasteiger partial charge is 0.325 e. The van der Waals surface area contributed by atoms with E-state index >= 15 is 0 Å². The van der Waals surface area contributed by atoms with Crippen LogP contribution in [-0.2, 0) is 25.5 Å². The summed E-state index contributed by atoms with van der Waals surface area (Å²) in [7, 11) is -3.23. The molecule has 1 fully saturated rings. The van der Waals surface area contributed by atoms with Crippen molar-refractivity contribution in [2.24, 2.45) is 0 Å². The lowest BCUT2D eigenvalue weighted by molar-refractivity contribution is -0.118. The molecule has 0 atom stereocenters. The second-order valence-electron chi connectivity index (χ2n) is 8.29. The zero-order valence-corrected chi connectivity index (χ0v) is 17.2. The molecule has 1 aliphatic rings. The maximum Gasteiger partial charge on any atom is 0.235 e. The fraction of sp³-hybridized carbons (Fsp3) is 0.409. The Kier molecular flexibility index (Phi) is 4.93. The summed E-state index contributed by atoms with van der Waals surface area (Å²) < 4.78 is 23.8. The predicted octanol–water partition coefficient (Wildman–Crippen LogP) is 4.45. The van der Waals surface area contributed by atoms with Gasteiger partial charge in [-0.1, -0.05) is 52.0 Å². The third kappa shape index (κ3) is 3.93. The molecule has 1 aliphatic carbocycles. The highest BCUT2D eigenvalue weighted by Crippen LogP contribution is 2.49. The minimum atomic E-state index is -3.23. The van der Waals surface area contributed by atoms with Crippen LogP contribution in [0.25, 0.3) is 0 Å². The van der Waals surface area contributed by atoms with Crippen molar-refractivity contribution in [3.63, 3.8) is 0 Å². The molecule has 0 heterocycles. The van der Waals surface area contributed by atoms with Crippen LogP contribution in [-0.4, -0.2) is 20.1 Å². The zero-order valence-electron chi connectivity index (χ0n) is 16.4. The number of carbonyl (C=O) groups is 1. The van der Waals surface area contributed by atoms with E-state index in [1.807, 2.05) is 0 Å². The number of amides is 1. The molecule has 1 N–H and O–H groups in total. The van der Waals surface area contributed by atoms with Gasteiger partial charge in [-0.2, -0.15) is 0 Å². The molecule has 2 aromatic rings. The molecular formula is C22H27NO3S. The van der Waals surface area contributed by atoms with E-state index in [0.717, 1.165) is 18.4 Å². The van der Waals surface area contributed by atoms with Gasteiger partial charge in [-0.25, -0.2) is 8.42 Å². The van der Waals surface area contributed by atoms with Gasteiger partial charge in [-0.3, -0.25) is 4.79 Å². The van der Waals surface area contributed by atoms with Crippen LogP contribution in [0.3, 0.4) is 0 Å². The van der Waals surface area contributed by atoms with Crippen molar-refractivity contribution in [1.29, 1.82) is 0 Å². The standard InChI is InChI=1S/C22H27NO3S/c1-5-27(25,26)19-12-10-18(11-13-19)23-20(24)22(14-15-22)17-8-6-16(7-9-17)21(2,3)4/h6-13H,5,14-15H2,1-4H3,(H,23,24). The van der Waals surface area contributed by atoms with Crippen molar-refractivity contribution in [2.75, 3.05) is 11.1 Å². The molecular weight excluding hydrogens is 358 g/mol. The summed E-state index contributed by atoms with van der Waals surface area (Å²) in [6, 6.07) is 14.7. The number of hydrogen-bond acceptors (Lipinski definition) is 3. The predicted molar refractivity (Wildman–Crippen MR) is 109 cm³/mol. The Morgan fingerprint density at radius 1 is 1.00 bits per heavy atom. The lowest BCUT2D eigenvalue weighted by Gasteiger charge is -2.21. The van der Waals surface area contributed by atoms with Gasteiger partial charge in [-0.15, -0.1) is 0 Å². The van der Waals surface area contributed by atoms with Crippen LogP contribution in [0.4, 0.5) is 5.69 Å². The highest BCUT2D eigenvalue weighted by molar-refractivity contribution is 7.91. The van der Waals surface area contributed by atoms with Crippen molar-refractivity contribution < 1.29 is 13.2 Å². The molecule has 0 spiro atoms. The Balaban J connectivity index is 1.76. The van der Waals surface area contributed by atoms with E-state index in [4.69, 9.17) is 0 Å².